The first kappa shape index (κ1) is 11.3. The lowest BCUT2D eigenvalue weighted by Crippen LogP contribution is -2.45. The van der Waals surface area contributed by atoms with Gasteiger partial charge in [0.05, 0.1) is 12.2 Å². The molecule has 3 aliphatic rings. The molecule has 1 amide bonds. The van der Waals surface area contributed by atoms with E-state index in [9.17, 15) is 4.79 Å². The summed E-state index contributed by atoms with van der Waals surface area (Å²) in [7, 11) is 0. The van der Waals surface area contributed by atoms with Crippen LogP contribution in [0.3, 0.4) is 0 Å². The van der Waals surface area contributed by atoms with E-state index >= 15 is 0 Å². The van der Waals surface area contributed by atoms with Crippen LogP contribution in [0.25, 0.3) is 0 Å². The number of imidazole rings is 1. The van der Waals surface area contributed by atoms with Crippen molar-refractivity contribution in [2.45, 2.75) is 38.0 Å². The van der Waals surface area contributed by atoms with Gasteiger partial charge in [-0.3, -0.25) is 4.79 Å². The lowest BCUT2D eigenvalue weighted by molar-refractivity contribution is -0.0305. The van der Waals surface area contributed by atoms with Crippen LogP contribution in [0.2, 0.25) is 0 Å². The number of nitrogens with zero attached hydrogens (tertiary/aromatic N) is 3. The maximum absolute atomic E-state index is 12.5. The van der Waals surface area contributed by atoms with Crippen LogP contribution in [0.1, 0.15) is 29.8 Å². The van der Waals surface area contributed by atoms with Gasteiger partial charge in [0.15, 0.2) is 0 Å². The Morgan fingerprint density at radius 3 is 2.89 bits per heavy atom. The number of amides is 1. The number of likely N-dealkylation sites (tertiary alicyclic amines) is 1. The van der Waals surface area contributed by atoms with E-state index < -0.39 is 0 Å². The van der Waals surface area contributed by atoms with E-state index in [1.54, 1.807) is 0 Å². The number of aromatic nitrogens is 2. The van der Waals surface area contributed by atoms with Gasteiger partial charge in [-0.25, -0.2) is 4.98 Å². The molecule has 2 unspecified atom stereocenters. The second kappa shape index (κ2) is 4.23. The van der Waals surface area contributed by atoms with Crippen LogP contribution in [0.5, 0.6) is 0 Å². The van der Waals surface area contributed by atoms with Crippen molar-refractivity contribution >= 4 is 11.9 Å². The molecule has 2 atom stereocenters. The van der Waals surface area contributed by atoms with Crippen molar-refractivity contribution in [1.82, 2.24) is 14.5 Å². The molecular formula is C13H18N4O2. The minimum Gasteiger partial charge on any atom is -0.371 e. The number of carbonyl (C=O) groups excluding carboxylic acids is 1. The molecule has 1 aromatic rings. The predicted molar refractivity (Wildman–Crippen MR) is 69.1 cm³/mol. The maximum atomic E-state index is 12.5. The van der Waals surface area contributed by atoms with Crippen LogP contribution in [0.15, 0.2) is 6.20 Å². The van der Waals surface area contributed by atoms with Gasteiger partial charge in [0.2, 0.25) is 5.95 Å². The van der Waals surface area contributed by atoms with Gasteiger partial charge in [0.25, 0.3) is 5.91 Å². The highest BCUT2D eigenvalue weighted by atomic mass is 16.5. The topological polar surface area (TPSA) is 59.4 Å². The second-order valence-electron chi connectivity index (χ2n) is 5.59. The van der Waals surface area contributed by atoms with Gasteiger partial charge in [0, 0.05) is 32.4 Å². The van der Waals surface area contributed by atoms with Gasteiger partial charge in [0.1, 0.15) is 5.69 Å². The minimum absolute atomic E-state index is 0.0453. The standard InChI is InChI=1S/C13H18N4O2/c18-12(17-6-9-2-3-10(7-17)19-9)11-8-16-5-1-4-14-13(16)15-11/h8-10H,1-7H2,(H,14,15). The molecule has 0 aromatic carbocycles. The molecule has 1 N–H and O–H groups in total. The average molecular weight is 262 g/mol. The summed E-state index contributed by atoms with van der Waals surface area (Å²) in [6.07, 6.45) is 5.58. The molecule has 0 spiro atoms. The Hall–Kier alpha value is -1.56. The van der Waals surface area contributed by atoms with E-state index in [4.69, 9.17) is 4.74 Å². The Labute approximate surface area is 111 Å². The number of morpholine rings is 1. The number of anilines is 1. The SMILES string of the molecule is O=C(c1cn2c(n1)NCCC2)N1CC2CCC(C1)O2. The summed E-state index contributed by atoms with van der Waals surface area (Å²) in [5.41, 5.74) is 0.561. The molecule has 0 aliphatic carbocycles. The quantitative estimate of drug-likeness (QED) is 0.809. The van der Waals surface area contributed by atoms with E-state index in [1.807, 2.05) is 15.7 Å². The van der Waals surface area contributed by atoms with Crippen molar-refractivity contribution in [3.63, 3.8) is 0 Å². The van der Waals surface area contributed by atoms with E-state index in [-0.39, 0.29) is 18.1 Å². The van der Waals surface area contributed by atoms with Gasteiger partial charge >= 0.3 is 0 Å². The van der Waals surface area contributed by atoms with Crippen LogP contribution >= 0.6 is 0 Å². The first-order valence-electron chi connectivity index (χ1n) is 7.05. The van der Waals surface area contributed by atoms with Crippen molar-refractivity contribution in [3.8, 4) is 0 Å². The number of hydrogen-bond donors (Lipinski definition) is 1. The van der Waals surface area contributed by atoms with Crippen molar-refractivity contribution in [1.29, 1.82) is 0 Å². The fraction of sp³-hybridized carbons (Fsp3) is 0.692. The zero-order valence-corrected chi connectivity index (χ0v) is 10.8. The summed E-state index contributed by atoms with van der Waals surface area (Å²) in [6.45, 7) is 3.30. The normalized spacial score (nSPS) is 28.9. The fourth-order valence-electron chi connectivity index (χ4n) is 3.22. The van der Waals surface area contributed by atoms with Crippen LogP contribution in [-0.2, 0) is 11.3 Å². The average Bonchev–Trinajstić information content (AvgIpc) is 3.01. The largest absolute Gasteiger partial charge is 0.371 e. The third kappa shape index (κ3) is 1.90. The van der Waals surface area contributed by atoms with Gasteiger partial charge in [-0.1, -0.05) is 0 Å². The van der Waals surface area contributed by atoms with E-state index in [0.29, 0.717) is 18.8 Å². The molecular weight excluding hydrogens is 244 g/mol. The Morgan fingerprint density at radius 2 is 2.16 bits per heavy atom. The summed E-state index contributed by atoms with van der Waals surface area (Å²) in [6, 6.07) is 0. The Morgan fingerprint density at radius 1 is 1.37 bits per heavy atom. The molecule has 102 valence electrons. The highest BCUT2D eigenvalue weighted by molar-refractivity contribution is 5.92. The lowest BCUT2D eigenvalue weighted by atomic mass is 10.2. The smallest absolute Gasteiger partial charge is 0.274 e. The van der Waals surface area contributed by atoms with E-state index in [2.05, 4.69) is 10.3 Å². The van der Waals surface area contributed by atoms with Crippen molar-refractivity contribution in [3.05, 3.63) is 11.9 Å². The van der Waals surface area contributed by atoms with Crippen molar-refractivity contribution in [2.24, 2.45) is 0 Å². The maximum Gasteiger partial charge on any atom is 0.274 e. The Bertz CT molecular complexity index is 477. The summed E-state index contributed by atoms with van der Waals surface area (Å²) in [5, 5.41) is 3.23. The van der Waals surface area contributed by atoms with Crippen molar-refractivity contribution < 1.29 is 9.53 Å². The highest BCUT2D eigenvalue weighted by Crippen LogP contribution is 2.27. The van der Waals surface area contributed by atoms with E-state index in [1.165, 1.54) is 0 Å². The molecule has 3 aliphatic heterocycles. The van der Waals surface area contributed by atoms with Crippen LogP contribution in [0, 0.1) is 0 Å². The Balaban J connectivity index is 1.55. The molecule has 4 heterocycles. The number of nitrogens with one attached hydrogen (secondary N) is 1. The molecule has 0 saturated carbocycles. The fourth-order valence-corrected chi connectivity index (χ4v) is 3.22. The summed E-state index contributed by atoms with van der Waals surface area (Å²) in [5.74, 6) is 0.870. The number of carbonyl (C=O) groups is 1. The molecule has 19 heavy (non-hydrogen) atoms. The predicted octanol–water partition coefficient (Wildman–Crippen LogP) is 0.702. The number of fused-ring (bicyclic) bond motifs is 3. The zero-order valence-electron chi connectivity index (χ0n) is 10.8. The first-order chi connectivity index (χ1) is 9.29. The Kier molecular flexibility index (Phi) is 2.51. The third-order valence-corrected chi connectivity index (χ3v) is 4.19. The number of ether oxygens (including phenoxy) is 1. The lowest BCUT2D eigenvalue weighted by Gasteiger charge is -2.31. The number of hydrogen-bond acceptors (Lipinski definition) is 4. The monoisotopic (exact) mass is 262 g/mol. The molecule has 2 bridgehead atoms. The van der Waals surface area contributed by atoms with Crippen LogP contribution in [-0.4, -0.2) is 52.2 Å². The number of rotatable bonds is 1. The third-order valence-electron chi connectivity index (χ3n) is 4.19. The molecule has 4 rings (SSSR count). The first-order valence-corrected chi connectivity index (χ1v) is 7.05. The highest BCUT2D eigenvalue weighted by Gasteiger charge is 2.36. The van der Waals surface area contributed by atoms with Gasteiger partial charge < -0.3 is 19.5 Å². The van der Waals surface area contributed by atoms with Gasteiger partial charge in [-0.15, -0.1) is 0 Å². The van der Waals surface area contributed by atoms with E-state index in [0.717, 1.165) is 38.3 Å². The minimum atomic E-state index is 0.0453. The molecule has 0 radical (unpaired) electrons. The summed E-state index contributed by atoms with van der Waals surface area (Å²) in [4.78, 5) is 18.8. The molecule has 2 fully saturated rings. The van der Waals surface area contributed by atoms with Crippen LogP contribution < -0.4 is 5.32 Å². The number of aryl methyl sites for hydroxylation is 1. The van der Waals surface area contributed by atoms with Gasteiger partial charge in [-0.05, 0) is 19.3 Å². The second-order valence-corrected chi connectivity index (χ2v) is 5.59. The molecule has 2 saturated heterocycles. The summed E-state index contributed by atoms with van der Waals surface area (Å²) >= 11 is 0. The van der Waals surface area contributed by atoms with Crippen LogP contribution in [0.4, 0.5) is 5.95 Å². The molecule has 6 heteroatoms. The van der Waals surface area contributed by atoms with Crippen molar-refractivity contribution in [2.75, 3.05) is 25.0 Å². The molecule has 6 nitrogen and oxygen atoms in total. The zero-order chi connectivity index (χ0) is 12.8. The molecule has 1 aromatic heterocycles. The van der Waals surface area contributed by atoms with Gasteiger partial charge in [-0.2, -0.15) is 0 Å². The summed E-state index contributed by atoms with van der Waals surface area (Å²) < 4.78 is 7.80.